The van der Waals surface area contributed by atoms with E-state index in [0.717, 1.165) is 5.56 Å². The summed E-state index contributed by atoms with van der Waals surface area (Å²) >= 11 is 0. The number of aryl methyl sites for hydroxylation is 1. The normalized spacial score (nSPS) is 11.1. The summed E-state index contributed by atoms with van der Waals surface area (Å²) < 4.78 is 0. The molecule has 2 aromatic rings. The van der Waals surface area contributed by atoms with Crippen molar-refractivity contribution in [3.63, 3.8) is 0 Å². The van der Waals surface area contributed by atoms with E-state index in [2.05, 4.69) is 36.3 Å². The van der Waals surface area contributed by atoms with Crippen LogP contribution in [0.25, 0.3) is 6.08 Å². The summed E-state index contributed by atoms with van der Waals surface area (Å²) in [6.07, 6.45) is 3.31. The van der Waals surface area contributed by atoms with Crippen molar-refractivity contribution in [3.05, 3.63) is 59.3 Å². The zero-order valence-corrected chi connectivity index (χ0v) is 13.1. The first kappa shape index (κ1) is 15.8. The van der Waals surface area contributed by atoms with Crippen LogP contribution in [-0.2, 0) is 4.79 Å². The maximum Gasteiger partial charge on any atom is 0.248 e. The van der Waals surface area contributed by atoms with E-state index in [9.17, 15) is 4.79 Å². The third-order valence-electron chi connectivity index (χ3n) is 3.40. The number of nitrogens with zero attached hydrogens (tertiary/aromatic N) is 1. The van der Waals surface area contributed by atoms with E-state index in [-0.39, 0.29) is 5.91 Å². The first-order valence-electron chi connectivity index (χ1n) is 7.28. The molecule has 1 aromatic heterocycles. The van der Waals surface area contributed by atoms with Crippen LogP contribution in [0.3, 0.4) is 0 Å². The molecule has 1 heterocycles. The number of hydrogen-bond donors (Lipinski definition) is 2. The van der Waals surface area contributed by atoms with Gasteiger partial charge in [-0.25, -0.2) is 4.98 Å². The smallest absolute Gasteiger partial charge is 0.248 e. The van der Waals surface area contributed by atoms with E-state index < -0.39 is 0 Å². The van der Waals surface area contributed by atoms with E-state index in [4.69, 9.17) is 5.73 Å². The molecule has 0 bridgehead atoms. The topological polar surface area (TPSA) is 68.0 Å². The summed E-state index contributed by atoms with van der Waals surface area (Å²) in [6, 6.07) is 11.6. The second-order valence-electron chi connectivity index (χ2n) is 5.51. The monoisotopic (exact) mass is 295 g/mol. The van der Waals surface area contributed by atoms with Gasteiger partial charge in [-0.3, -0.25) is 4.79 Å². The lowest BCUT2D eigenvalue weighted by molar-refractivity contribution is -0.111. The highest BCUT2D eigenvalue weighted by molar-refractivity contribution is 6.02. The van der Waals surface area contributed by atoms with Crippen LogP contribution in [0.5, 0.6) is 0 Å². The molecule has 114 valence electrons. The first-order chi connectivity index (χ1) is 10.5. The van der Waals surface area contributed by atoms with Gasteiger partial charge in [0.15, 0.2) is 0 Å². The lowest BCUT2D eigenvalue weighted by atomic mass is 10.0. The summed E-state index contributed by atoms with van der Waals surface area (Å²) in [6.45, 7) is 6.11. The van der Waals surface area contributed by atoms with E-state index in [1.165, 1.54) is 11.6 Å². The number of benzene rings is 1. The van der Waals surface area contributed by atoms with Gasteiger partial charge >= 0.3 is 0 Å². The predicted octanol–water partition coefficient (Wildman–Crippen LogP) is 3.75. The zero-order chi connectivity index (χ0) is 16.1. The van der Waals surface area contributed by atoms with Gasteiger partial charge in [0.2, 0.25) is 5.91 Å². The average Bonchev–Trinajstić information content (AvgIpc) is 2.48. The number of nitrogens with two attached hydrogens (primary N) is 1. The molecule has 3 N–H and O–H groups in total. The molecule has 0 unspecified atom stereocenters. The molecular formula is C18H21N3O. The number of rotatable bonds is 4. The van der Waals surface area contributed by atoms with Crippen LogP contribution < -0.4 is 11.1 Å². The van der Waals surface area contributed by atoms with Gasteiger partial charge in [-0.05, 0) is 42.2 Å². The number of nitrogens with one attached hydrogen (secondary N) is 1. The van der Waals surface area contributed by atoms with Gasteiger partial charge in [0.25, 0.3) is 0 Å². The van der Waals surface area contributed by atoms with Crippen molar-refractivity contribution in [2.45, 2.75) is 26.7 Å². The van der Waals surface area contributed by atoms with Gasteiger partial charge in [0.1, 0.15) is 5.82 Å². The van der Waals surface area contributed by atoms with Crippen LogP contribution in [-0.4, -0.2) is 10.9 Å². The van der Waals surface area contributed by atoms with E-state index >= 15 is 0 Å². The summed E-state index contributed by atoms with van der Waals surface area (Å²) in [7, 11) is 0. The Labute approximate surface area is 131 Å². The van der Waals surface area contributed by atoms with Crippen molar-refractivity contribution in [3.8, 4) is 0 Å². The number of nitrogen functional groups attached to an aromatic ring is 1. The van der Waals surface area contributed by atoms with Gasteiger partial charge in [-0.2, -0.15) is 0 Å². The number of carbonyl (C=O) groups is 1. The number of carbonyl (C=O) groups excluding carboxylic acids is 1. The Hall–Kier alpha value is -2.62. The van der Waals surface area contributed by atoms with Crippen LogP contribution in [0.4, 0.5) is 11.5 Å². The van der Waals surface area contributed by atoms with Crippen LogP contribution in [0.15, 0.2) is 42.5 Å². The van der Waals surface area contributed by atoms with Gasteiger partial charge in [0.05, 0.1) is 11.4 Å². The Morgan fingerprint density at radius 1 is 1.18 bits per heavy atom. The summed E-state index contributed by atoms with van der Waals surface area (Å²) in [5, 5.41) is 2.79. The molecule has 0 radical (unpaired) electrons. The van der Waals surface area contributed by atoms with Crippen LogP contribution in [0.2, 0.25) is 0 Å². The predicted molar refractivity (Wildman–Crippen MR) is 91.6 cm³/mol. The molecule has 0 saturated heterocycles. The Balaban J connectivity index is 2.01. The lowest BCUT2D eigenvalue weighted by Crippen LogP contribution is -2.10. The zero-order valence-electron chi connectivity index (χ0n) is 13.1. The van der Waals surface area contributed by atoms with E-state index in [0.29, 0.717) is 23.1 Å². The SMILES string of the molecule is Cc1nc(N)ccc1NC(=O)/C=C/c1ccc(C(C)C)cc1. The molecule has 1 aromatic carbocycles. The second kappa shape index (κ2) is 6.89. The van der Waals surface area contributed by atoms with Crippen LogP contribution in [0.1, 0.15) is 36.6 Å². The Kier molecular flexibility index (Phi) is 4.94. The molecule has 0 saturated carbocycles. The highest BCUT2D eigenvalue weighted by atomic mass is 16.1. The summed E-state index contributed by atoms with van der Waals surface area (Å²) in [5.74, 6) is 0.751. The van der Waals surface area contributed by atoms with Gasteiger partial charge in [-0.1, -0.05) is 38.1 Å². The highest BCUT2D eigenvalue weighted by Crippen LogP contribution is 2.16. The third kappa shape index (κ3) is 4.19. The molecule has 0 aliphatic heterocycles. The van der Waals surface area contributed by atoms with Crippen molar-refractivity contribution in [2.75, 3.05) is 11.1 Å². The van der Waals surface area contributed by atoms with Crippen molar-refractivity contribution < 1.29 is 4.79 Å². The van der Waals surface area contributed by atoms with Crippen molar-refractivity contribution >= 4 is 23.5 Å². The van der Waals surface area contributed by atoms with Crippen LogP contribution in [0, 0.1) is 6.92 Å². The van der Waals surface area contributed by atoms with Crippen LogP contribution >= 0.6 is 0 Å². The lowest BCUT2D eigenvalue weighted by Gasteiger charge is -2.06. The molecule has 4 nitrogen and oxygen atoms in total. The molecule has 0 spiro atoms. The quantitative estimate of drug-likeness (QED) is 0.844. The standard InChI is InChI=1S/C18H21N3O/c1-12(2)15-7-4-14(5-8-15)6-11-18(22)21-16-9-10-17(19)20-13(16)3/h4-12H,1-3H3,(H2,19,20)(H,21,22)/b11-6+. The van der Waals surface area contributed by atoms with Crippen molar-refractivity contribution in [1.29, 1.82) is 0 Å². The average molecular weight is 295 g/mol. The largest absolute Gasteiger partial charge is 0.384 e. The molecule has 0 atom stereocenters. The fraction of sp³-hybridized carbons (Fsp3) is 0.222. The van der Waals surface area contributed by atoms with Gasteiger partial charge < -0.3 is 11.1 Å². The minimum atomic E-state index is -0.192. The molecule has 2 rings (SSSR count). The fourth-order valence-electron chi connectivity index (χ4n) is 2.05. The van der Waals surface area contributed by atoms with Crippen molar-refractivity contribution in [1.82, 2.24) is 4.98 Å². The number of aromatic nitrogens is 1. The third-order valence-corrected chi connectivity index (χ3v) is 3.40. The number of amides is 1. The molecule has 0 aliphatic carbocycles. The Morgan fingerprint density at radius 3 is 2.45 bits per heavy atom. The molecule has 22 heavy (non-hydrogen) atoms. The minimum absolute atomic E-state index is 0.192. The van der Waals surface area contributed by atoms with E-state index in [1.54, 1.807) is 25.1 Å². The second-order valence-corrected chi connectivity index (χ2v) is 5.51. The first-order valence-corrected chi connectivity index (χ1v) is 7.28. The van der Waals surface area contributed by atoms with Gasteiger partial charge in [-0.15, -0.1) is 0 Å². The maximum absolute atomic E-state index is 11.9. The Morgan fingerprint density at radius 2 is 1.86 bits per heavy atom. The molecule has 1 amide bonds. The molecule has 0 aliphatic rings. The highest BCUT2D eigenvalue weighted by Gasteiger charge is 2.03. The number of hydrogen-bond acceptors (Lipinski definition) is 3. The van der Waals surface area contributed by atoms with E-state index in [1.807, 2.05) is 12.1 Å². The number of anilines is 2. The summed E-state index contributed by atoms with van der Waals surface area (Å²) in [5.41, 5.74) is 9.23. The molecule has 0 fully saturated rings. The number of pyridine rings is 1. The minimum Gasteiger partial charge on any atom is -0.384 e. The van der Waals surface area contributed by atoms with Crippen molar-refractivity contribution in [2.24, 2.45) is 0 Å². The molecule has 4 heteroatoms. The maximum atomic E-state index is 11.9. The fourth-order valence-corrected chi connectivity index (χ4v) is 2.05. The molecular weight excluding hydrogens is 274 g/mol. The van der Waals surface area contributed by atoms with Gasteiger partial charge in [0, 0.05) is 6.08 Å². The summed E-state index contributed by atoms with van der Waals surface area (Å²) in [4.78, 5) is 16.1. The Bertz CT molecular complexity index is 688.